The van der Waals surface area contributed by atoms with Crippen LogP contribution in [0.2, 0.25) is 0 Å². The molecule has 1 heterocycles. The van der Waals surface area contributed by atoms with E-state index in [4.69, 9.17) is 23.2 Å². The summed E-state index contributed by atoms with van der Waals surface area (Å²) >= 11 is 12.1. The normalized spacial score (nSPS) is 23.5. The van der Waals surface area contributed by atoms with Gasteiger partial charge in [-0.15, -0.1) is 11.6 Å². The van der Waals surface area contributed by atoms with E-state index in [2.05, 4.69) is 42.5 Å². The van der Waals surface area contributed by atoms with Crippen molar-refractivity contribution < 1.29 is 4.48 Å². The van der Waals surface area contributed by atoms with Crippen molar-refractivity contribution in [3.8, 4) is 0 Å². The van der Waals surface area contributed by atoms with E-state index in [0.717, 1.165) is 17.6 Å². The second-order valence-corrected chi connectivity index (χ2v) is 4.82. The summed E-state index contributed by atoms with van der Waals surface area (Å²) in [5.74, 6) is 0.616. The molecule has 0 aliphatic carbocycles. The maximum atomic E-state index is 6.20. The van der Waals surface area contributed by atoms with Crippen LogP contribution >= 0.6 is 23.2 Å². The predicted molar refractivity (Wildman–Crippen MR) is 75.0 cm³/mol. The van der Waals surface area contributed by atoms with Gasteiger partial charge in [0.05, 0.1) is 12.4 Å². The third-order valence-electron chi connectivity index (χ3n) is 3.17. The summed E-state index contributed by atoms with van der Waals surface area (Å²) in [7, 11) is 0. The molecule has 0 saturated carbocycles. The molecule has 17 heavy (non-hydrogen) atoms. The molecule has 1 nitrogen and oxygen atoms in total. The largest absolute Gasteiger partial charge is 0.274 e. The van der Waals surface area contributed by atoms with Gasteiger partial charge in [0.15, 0.2) is 6.00 Å². The van der Waals surface area contributed by atoms with Crippen LogP contribution in [-0.2, 0) is 0 Å². The second kappa shape index (κ2) is 5.72. The Balaban J connectivity index is 2.41. The number of nitrogens with zero attached hydrogens (tertiary/aromatic N) is 1. The van der Waals surface area contributed by atoms with Crippen molar-refractivity contribution in [1.82, 2.24) is 0 Å². The topological polar surface area (TPSA) is 0 Å². The Morgan fingerprint density at radius 2 is 1.88 bits per heavy atom. The van der Waals surface area contributed by atoms with Crippen molar-refractivity contribution in [3.63, 3.8) is 0 Å². The van der Waals surface area contributed by atoms with Crippen LogP contribution in [0.4, 0.5) is 0 Å². The minimum Gasteiger partial charge on any atom is -0.274 e. The zero-order valence-corrected chi connectivity index (χ0v) is 11.2. The van der Waals surface area contributed by atoms with Crippen LogP contribution in [0.1, 0.15) is 5.56 Å². The molecule has 0 amide bonds. The summed E-state index contributed by atoms with van der Waals surface area (Å²) in [5, 5.41) is 0. The van der Waals surface area contributed by atoms with Crippen LogP contribution in [0.25, 0.3) is 5.70 Å². The molecule has 1 aromatic rings. The van der Waals surface area contributed by atoms with Gasteiger partial charge in [-0.2, -0.15) is 0 Å². The molecule has 90 valence electrons. The summed E-state index contributed by atoms with van der Waals surface area (Å²) in [4.78, 5) is 0. The number of alkyl halides is 2. The van der Waals surface area contributed by atoms with Crippen molar-refractivity contribution in [2.75, 3.05) is 25.0 Å². The van der Waals surface area contributed by atoms with Crippen LogP contribution in [0.3, 0.4) is 0 Å². The van der Waals surface area contributed by atoms with Crippen LogP contribution in [0, 0.1) is 0 Å². The fraction of sp³-hybridized carbons (Fsp3) is 0.286. The molecular weight excluding hydrogens is 253 g/mol. The summed E-state index contributed by atoms with van der Waals surface area (Å²) in [6, 6.07) is 10.9. The summed E-state index contributed by atoms with van der Waals surface area (Å²) < 4.78 is 0.728. The third-order valence-corrected chi connectivity index (χ3v) is 3.79. The number of allylic oxidation sites excluding steroid dienone is 2. The number of hydrogen-bond donors (Lipinski definition) is 0. The van der Waals surface area contributed by atoms with E-state index in [9.17, 15) is 0 Å². The first kappa shape index (κ1) is 12.7. The highest BCUT2D eigenvalue weighted by molar-refractivity contribution is 6.18. The van der Waals surface area contributed by atoms with Crippen LogP contribution in [-0.4, -0.2) is 29.5 Å². The van der Waals surface area contributed by atoms with Gasteiger partial charge in [0, 0.05) is 5.56 Å². The van der Waals surface area contributed by atoms with Crippen molar-refractivity contribution in [3.05, 3.63) is 54.1 Å². The number of benzene rings is 1. The van der Waals surface area contributed by atoms with Gasteiger partial charge >= 0.3 is 0 Å². The van der Waals surface area contributed by atoms with Gasteiger partial charge in [0.25, 0.3) is 0 Å². The van der Waals surface area contributed by atoms with Gasteiger partial charge in [-0.05, 0) is 24.3 Å². The van der Waals surface area contributed by atoms with Gasteiger partial charge < -0.3 is 0 Å². The molecular formula is C14H16Cl2N+. The van der Waals surface area contributed by atoms with Crippen LogP contribution < -0.4 is 0 Å². The van der Waals surface area contributed by atoms with Gasteiger partial charge in [0.2, 0.25) is 0 Å². The summed E-state index contributed by atoms with van der Waals surface area (Å²) in [6.45, 7) is 1.77. The van der Waals surface area contributed by atoms with E-state index in [1.54, 1.807) is 0 Å². The highest BCUT2D eigenvalue weighted by atomic mass is 35.5. The van der Waals surface area contributed by atoms with Crippen LogP contribution in [0.15, 0.2) is 48.6 Å². The maximum Gasteiger partial charge on any atom is 0.159 e. The fourth-order valence-electron chi connectivity index (χ4n) is 2.20. The maximum absolute atomic E-state index is 6.20. The Labute approximate surface area is 113 Å². The van der Waals surface area contributed by atoms with E-state index in [0.29, 0.717) is 11.9 Å². The van der Waals surface area contributed by atoms with Crippen molar-refractivity contribution in [2.45, 2.75) is 0 Å². The van der Waals surface area contributed by atoms with E-state index in [1.165, 1.54) is 11.3 Å². The first-order valence-corrected chi connectivity index (χ1v) is 6.80. The number of quaternary nitrogens is 1. The molecule has 0 saturated heterocycles. The van der Waals surface area contributed by atoms with Gasteiger partial charge in [0.1, 0.15) is 12.2 Å². The second-order valence-electron chi connectivity index (χ2n) is 4.21. The Hall–Kier alpha value is -0.760. The molecule has 0 aromatic heterocycles. The van der Waals surface area contributed by atoms with Gasteiger partial charge in [-0.3, -0.25) is 4.48 Å². The minimum atomic E-state index is 0.553. The van der Waals surface area contributed by atoms with Crippen molar-refractivity contribution in [2.24, 2.45) is 0 Å². The van der Waals surface area contributed by atoms with Crippen molar-refractivity contribution in [1.29, 1.82) is 0 Å². The molecule has 0 bridgehead atoms. The van der Waals surface area contributed by atoms with E-state index in [1.807, 2.05) is 6.07 Å². The molecule has 1 unspecified atom stereocenters. The van der Waals surface area contributed by atoms with Gasteiger partial charge in [-0.25, -0.2) is 0 Å². The molecule has 0 N–H and O–H groups in total. The van der Waals surface area contributed by atoms with Crippen molar-refractivity contribution >= 4 is 28.9 Å². The molecule has 2 rings (SSSR count). The zero-order valence-electron chi connectivity index (χ0n) is 9.65. The lowest BCUT2D eigenvalue weighted by atomic mass is 10.1. The third kappa shape index (κ3) is 2.57. The monoisotopic (exact) mass is 268 g/mol. The average molecular weight is 269 g/mol. The Bertz CT molecular complexity index is 425. The lowest BCUT2D eigenvalue weighted by molar-refractivity contribution is -0.840. The van der Waals surface area contributed by atoms with Gasteiger partial charge in [-0.1, -0.05) is 35.9 Å². The van der Waals surface area contributed by atoms with E-state index < -0.39 is 0 Å². The predicted octanol–water partition coefficient (Wildman–Crippen LogP) is 3.85. The highest BCUT2D eigenvalue weighted by Crippen LogP contribution is 2.31. The lowest BCUT2D eigenvalue weighted by Gasteiger charge is -2.38. The number of hydrogen-bond acceptors (Lipinski definition) is 0. The zero-order chi connectivity index (χ0) is 12.1. The quantitative estimate of drug-likeness (QED) is 0.442. The van der Waals surface area contributed by atoms with E-state index in [-0.39, 0.29) is 0 Å². The minimum absolute atomic E-state index is 0.553. The Morgan fingerprint density at radius 1 is 1.12 bits per heavy atom. The smallest absolute Gasteiger partial charge is 0.159 e. The average Bonchev–Trinajstić information content (AvgIpc) is 2.40. The lowest BCUT2D eigenvalue weighted by Crippen LogP contribution is -2.47. The molecule has 3 heteroatoms. The Morgan fingerprint density at radius 3 is 2.53 bits per heavy atom. The molecule has 0 spiro atoms. The highest BCUT2D eigenvalue weighted by Gasteiger charge is 2.32. The van der Waals surface area contributed by atoms with E-state index >= 15 is 0 Å². The summed E-state index contributed by atoms with van der Waals surface area (Å²) in [6.07, 6.45) is 6.40. The molecule has 1 aromatic carbocycles. The molecule has 0 radical (unpaired) electrons. The standard InChI is InChI=1S/C14H16Cl2N/c15-9-11-17(12-16)10-5-4-8-14(17)13-6-2-1-3-7-13/h1-8H,9-12H2/q+1. The first-order valence-electron chi connectivity index (χ1n) is 5.73. The molecule has 1 atom stereocenters. The SMILES string of the molecule is ClCC[N+]1(CCl)CC=CC=C1c1ccccc1. The molecule has 1 aliphatic heterocycles. The number of rotatable bonds is 4. The number of halogens is 2. The molecule has 0 fully saturated rings. The van der Waals surface area contributed by atoms with Crippen LogP contribution in [0.5, 0.6) is 0 Å². The molecule has 1 aliphatic rings. The Kier molecular flexibility index (Phi) is 4.27. The first-order chi connectivity index (χ1) is 8.32. The fourth-order valence-corrected chi connectivity index (χ4v) is 2.87. The summed E-state index contributed by atoms with van der Waals surface area (Å²) in [5.41, 5.74) is 2.48.